The fourth-order valence-corrected chi connectivity index (χ4v) is 3.10. The Morgan fingerprint density at radius 2 is 1.92 bits per heavy atom. The number of benzene rings is 1. The Balaban J connectivity index is 1.88. The molecule has 2 heterocycles. The zero-order chi connectivity index (χ0) is 17.5. The minimum atomic E-state index is -3.69. The van der Waals surface area contributed by atoms with Gasteiger partial charge in [0.15, 0.2) is 5.65 Å². The molecule has 3 aromatic rings. The van der Waals surface area contributed by atoms with Crippen molar-refractivity contribution in [2.75, 3.05) is 5.32 Å². The maximum atomic E-state index is 11.3. The SMILES string of the molecule is Cc1nn(C)c2nc(Cl)nc(NCc3ccc(S(N)(=O)=O)cc3)c12. The van der Waals surface area contributed by atoms with E-state index < -0.39 is 10.0 Å². The summed E-state index contributed by atoms with van der Waals surface area (Å²) < 4.78 is 24.2. The molecule has 0 aliphatic rings. The molecule has 1 aromatic carbocycles. The Morgan fingerprint density at radius 1 is 1.25 bits per heavy atom. The van der Waals surface area contributed by atoms with Gasteiger partial charge in [0, 0.05) is 13.6 Å². The molecule has 126 valence electrons. The Hall–Kier alpha value is -2.23. The van der Waals surface area contributed by atoms with Gasteiger partial charge in [0.2, 0.25) is 15.3 Å². The Bertz CT molecular complexity index is 1010. The van der Waals surface area contributed by atoms with E-state index in [0.29, 0.717) is 18.0 Å². The van der Waals surface area contributed by atoms with Crippen molar-refractivity contribution in [2.45, 2.75) is 18.4 Å². The molecule has 0 bridgehead atoms. The minimum Gasteiger partial charge on any atom is -0.365 e. The number of primary sulfonamides is 1. The van der Waals surface area contributed by atoms with Crippen LogP contribution in [0.2, 0.25) is 5.28 Å². The van der Waals surface area contributed by atoms with Crippen molar-refractivity contribution >= 4 is 38.5 Å². The van der Waals surface area contributed by atoms with Gasteiger partial charge in [0.05, 0.1) is 16.0 Å². The third-order valence-electron chi connectivity index (χ3n) is 3.54. The number of rotatable bonds is 4. The first-order valence-corrected chi connectivity index (χ1v) is 8.90. The summed E-state index contributed by atoms with van der Waals surface area (Å²) in [7, 11) is -1.91. The highest BCUT2D eigenvalue weighted by Gasteiger charge is 2.14. The molecule has 0 aliphatic carbocycles. The van der Waals surface area contributed by atoms with Crippen LogP contribution in [0.25, 0.3) is 11.0 Å². The van der Waals surface area contributed by atoms with Crippen LogP contribution < -0.4 is 10.5 Å². The summed E-state index contributed by atoms with van der Waals surface area (Å²) in [5.41, 5.74) is 2.29. The number of aryl methyl sites for hydroxylation is 2. The first-order chi connectivity index (χ1) is 11.3. The van der Waals surface area contributed by atoms with Crippen LogP contribution >= 0.6 is 11.6 Å². The second kappa shape index (κ2) is 6.00. The van der Waals surface area contributed by atoms with Crippen LogP contribution in [0.4, 0.5) is 5.82 Å². The van der Waals surface area contributed by atoms with Gasteiger partial charge in [-0.1, -0.05) is 12.1 Å². The molecule has 24 heavy (non-hydrogen) atoms. The number of anilines is 1. The topological polar surface area (TPSA) is 116 Å². The summed E-state index contributed by atoms with van der Waals surface area (Å²) in [5, 5.41) is 13.5. The van der Waals surface area contributed by atoms with Crippen LogP contribution in [0.15, 0.2) is 29.2 Å². The monoisotopic (exact) mass is 366 g/mol. The zero-order valence-electron chi connectivity index (χ0n) is 13.0. The highest BCUT2D eigenvalue weighted by atomic mass is 35.5. The number of aromatic nitrogens is 4. The predicted octanol–water partition coefficient (Wildman–Crippen LogP) is 1.58. The van der Waals surface area contributed by atoms with Gasteiger partial charge in [-0.15, -0.1) is 0 Å². The lowest BCUT2D eigenvalue weighted by Gasteiger charge is -2.08. The van der Waals surface area contributed by atoms with Crippen molar-refractivity contribution < 1.29 is 8.42 Å². The summed E-state index contributed by atoms with van der Waals surface area (Å²) in [6.45, 7) is 2.30. The van der Waals surface area contributed by atoms with Crippen LogP contribution in [0.3, 0.4) is 0 Å². The van der Waals surface area contributed by atoms with E-state index >= 15 is 0 Å². The van der Waals surface area contributed by atoms with Gasteiger partial charge in [0.1, 0.15) is 5.82 Å². The van der Waals surface area contributed by atoms with Gasteiger partial charge in [-0.3, -0.25) is 0 Å². The van der Waals surface area contributed by atoms with Crippen molar-refractivity contribution in [3.05, 3.63) is 40.8 Å². The maximum absolute atomic E-state index is 11.3. The molecule has 2 aromatic heterocycles. The third-order valence-corrected chi connectivity index (χ3v) is 4.64. The second-order valence-corrected chi connectivity index (χ2v) is 7.19. The summed E-state index contributed by atoms with van der Waals surface area (Å²) in [6.07, 6.45) is 0. The van der Waals surface area contributed by atoms with Crippen LogP contribution in [0.5, 0.6) is 0 Å². The second-order valence-electron chi connectivity index (χ2n) is 5.29. The van der Waals surface area contributed by atoms with Crippen molar-refractivity contribution in [3.8, 4) is 0 Å². The van der Waals surface area contributed by atoms with Gasteiger partial charge in [-0.2, -0.15) is 15.1 Å². The number of nitrogens with one attached hydrogen (secondary N) is 1. The molecule has 0 unspecified atom stereocenters. The number of fused-ring (bicyclic) bond motifs is 1. The molecular weight excluding hydrogens is 352 g/mol. The fraction of sp³-hybridized carbons (Fsp3) is 0.214. The summed E-state index contributed by atoms with van der Waals surface area (Å²) in [6, 6.07) is 6.29. The number of halogens is 1. The predicted molar refractivity (Wildman–Crippen MR) is 91.2 cm³/mol. The van der Waals surface area contributed by atoms with Crippen LogP contribution in [-0.2, 0) is 23.6 Å². The van der Waals surface area contributed by atoms with E-state index in [1.54, 1.807) is 23.9 Å². The lowest BCUT2D eigenvalue weighted by molar-refractivity contribution is 0.598. The fourth-order valence-electron chi connectivity index (χ4n) is 2.42. The van der Waals surface area contributed by atoms with Gasteiger partial charge >= 0.3 is 0 Å². The lowest BCUT2D eigenvalue weighted by atomic mass is 10.2. The Labute approximate surface area is 143 Å². The van der Waals surface area contributed by atoms with E-state index in [0.717, 1.165) is 16.6 Å². The van der Waals surface area contributed by atoms with Crippen molar-refractivity contribution in [1.82, 2.24) is 19.7 Å². The van der Waals surface area contributed by atoms with Gasteiger partial charge in [-0.05, 0) is 36.2 Å². The minimum absolute atomic E-state index is 0.0711. The number of hydrogen-bond acceptors (Lipinski definition) is 6. The quantitative estimate of drug-likeness (QED) is 0.677. The molecule has 0 fully saturated rings. The van der Waals surface area contributed by atoms with Crippen molar-refractivity contribution in [1.29, 1.82) is 0 Å². The molecule has 0 atom stereocenters. The number of nitrogens with zero attached hydrogens (tertiary/aromatic N) is 4. The highest BCUT2D eigenvalue weighted by Crippen LogP contribution is 2.25. The average Bonchev–Trinajstić information content (AvgIpc) is 2.79. The molecule has 0 saturated heterocycles. The van der Waals surface area contributed by atoms with Crippen LogP contribution in [-0.4, -0.2) is 28.2 Å². The van der Waals surface area contributed by atoms with Crippen LogP contribution in [0.1, 0.15) is 11.3 Å². The zero-order valence-corrected chi connectivity index (χ0v) is 14.6. The first kappa shape index (κ1) is 16.6. The first-order valence-electron chi connectivity index (χ1n) is 6.98. The molecule has 3 N–H and O–H groups in total. The highest BCUT2D eigenvalue weighted by molar-refractivity contribution is 7.89. The molecular formula is C14H15ClN6O2S. The normalized spacial score (nSPS) is 11.8. The van der Waals surface area contributed by atoms with E-state index in [-0.39, 0.29) is 10.2 Å². The molecule has 0 spiro atoms. The Morgan fingerprint density at radius 3 is 2.54 bits per heavy atom. The third kappa shape index (κ3) is 3.18. The van der Waals surface area contributed by atoms with E-state index in [1.807, 2.05) is 6.92 Å². The van der Waals surface area contributed by atoms with Crippen molar-refractivity contribution in [3.63, 3.8) is 0 Å². The molecule has 0 radical (unpaired) electrons. The largest absolute Gasteiger partial charge is 0.365 e. The molecule has 8 nitrogen and oxygen atoms in total. The van der Waals surface area contributed by atoms with E-state index in [1.165, 1.54) is 12.1 Å². The lowest BCUT2D eigenvalue weighted by Crippen LogP contribution is -2.12. The summed E-state index contributed by atoms with van der Waals surface area (Å²) >= 11 is 5.97. The van der Waals surface area contributed by atoms with E-state index in [2.05, 4.69) is 20.4 Å². The summed E-state index contributed by atoms with van der Waals surface area (Å²) in [4.78, 5) is 8.48. The van der Waals surface area contributed by atoms with Gasteiger partial charge < -0.3 is 5.32 Å². The average molecular weight is 367 g/mol. The van der Waals surface area contributed by atoms with Crippen molar-refractivity contribution in [2.24, 2.45) is 12.2 Å². The van der Waals surface area contributed by atoms with Gasteiger partial charge in [-0.25, -0.2) is 18.2 Å². The maximum Gasteiger partial charge on any atom is 0.238 e. The standard InChI is InChI=1S/C14H15ClN6O2S/c1-8-11-12(18-14(15)19-13(11)21(2)20-8)17-7-9-3-5-10(6-4-9)24(16,22)23/h3-6H,7H2,1-2H3,(H2,16,22,23)(H,17,18,19). The van der Waals surface area contributed by atoms with E-state index in [9.17, 15) is 8.42 Å². The molecule has 10 heteroatoms. The molecule has 0 aliphatic heterocycles. The molecule has 0 amide bonds. The Kier molecular flexibility index (Phi) is 4.16. The number of hydrogen-bond donors (Lipinski definition) is 2. The molecule has 3 rings (SSSR count). The van der Waals surface area contributed by atoms with E-state index in [4.69, 9.17) is 16.7 Å². The number of nitrogens with two attached hydrogens (primary N) is 1. The van der Waals surface area contributed by atoms with Crippen LogP contribution in [0, 0.1) is 6.92 Å². The van der Waals surface area contributed by atoms with Gasteiger partial charge in [0.25, 0.3) is 0 Å². The number of sulfonamides is 1. The smallest absolute Gasteiger partial charge is 0.238 e. The molecule has 0 saturated carbocycles. The summed E-state index contributed by atoms with van der Waals surface area (Å²) in [5.74, 6) is 0.575.